The van der Waals surface area contributed by atoms with E-state index in [9.17, 15) is 10.1 Å². The maximum atomic E-state index is 12.7. The molecule has 1 amide bonds. The van der Waals surface area contributed by atoms with Gasteiger partial charge in [0.25, 0.3) is 0 Å². The number of carbonyl (C=O) groups excluding carboxylic acids is 1. The fraction of sp³-hybridized carbons (Fsp3) is 0.381. The van der Waals surface area contributed by atoms with Crippen LogP contribution in [0.3, 0.4) is 0 Å². The van der Waals surface area contributed by atoms with Crippen LogP contribution in [-0.2, 0) is 17.9 Å². The fourth-order valence-corrected chi connectivity index (χ4v) is 2.94. The largest absolute Gasteiger partial charge is 0.337 e. The number of halogens is 2. The van der Waals surface area contributed by atoms with Crippen molar-refractivity contribution in [3.8, 4) is 6.07 Å². The molecule has 1 atom stereocenters. The predicted molar refractivity (Wildman–Crippen MR) is 112 cm³/mol. The highest BCUT2D eigenvalue weighted by atomic mass is 35.5. The second-order valence-corrected chi connectivity index (χ2v) is 8.05. The number of pyridine rings is 1. The lowest BCUT2D eigenvalue weighted by atomic mass is 9.90. The Morgan fingerprint density at radius 2 is 2.00 bits per heavy atom. The molecule has 28 heavy (non-hydrogen) atoms. The van der Waals surface area contributed by atoms with Gasteiger partial charge < -0.3 is 5.32 Å². The number of amides is 1. The standard InChI is InChI=1S/C21H24Cl2N4O/c1-15(2)21(3,14-24)26-20(28)13-27(12-17-6-4-5-9-25-17)11-16-7-8-18(22)19(23)10-16/h4-10,15H,11-13H2,1-3H3,(H,26,28). The molecule has 0 radical (unpaired) electrons. The van der Waals surface area contributed by atoms with E-state index in [-0.39, 0.29) is 18.4 Å². The average molecular weight is 419 g/mol. The highest BCUT2D eigenvalue weighted by molar-refractivity contribution is 6.42. The third kappa shape index (κ3) is 6.20. The zero-order valence-corrected chi connectivity index (χ0v) is 17.8. The summed E-state index contributed by atoms with van der Waals surface area (Å²) in [5, 5.41) is 13.3. The molecule has 148 valence electrons. The van der Waals surface area contributed by atoms with Gasteiger partial charge >= 0.3 is 0 Å². The van der Waals surface area contributed by atoms with Crippen LogP contribution in [0.25, 0.3) is 0 Å². The van der Waals surface area contributed by atoms with Gasteiger partial charge in [-0.2, -0.15) is 5.26 Å². The third-order valence-electron chi connectivity index (χ3n) is 4.66. The molecular weight excluding hydrogens is 395 g/mol. The van der Waals surface area contributed by atoms with E-state index in [0.717, 1.165) is 11.3 Å². The molecule has 0 aliphatic heterocycles. The van der Waals surface area contributed by atoms with Crippen molar-refractivity contribution < 1.29 is 4.79 Å². The monoisotopic (exact) mass is 418 g/mol. The first-order valence-electron chi connectivity index (χ1n) is 9.02. The van der Waals surface area contributed by atoms with Crippen molar-refractivity contribution in [2.24, 2.45) is 5.92 Å². The Hall–Kier alpha value is -2.13. The molecule has 0 aliphatic carbocycles. The maximum absolute atomic E-state index is 12.7. The average Bonchev–Trinajstić information content (AvgIpc) is 2.65. The number of hydrogen-bond donors (Lipinski definition) is 1. The SMILES string of the molecule is CC(C)C(C)(C#N)NC(=O)CN(Cc1ccc(Cl)c(Cl)c1)Cc1ccccn1. The number of hydrogen-bond acceptors (Lipinski definition) is 4. The molecule has 0 fully saturated rings. The minimum Gasteiger partial charge on any atom is -0.337 e. The Labute approximate surface area is 176 Å². The van der Waals surface area contributed by atoms with Crippen LogP contribution in [-0.4, -0.2) is 27.9 Å². The van der Waals surface area contributed by atoms with Gasteiger partial charge in [0.05, 0.1) is 28.4 Å². The molecule has 0 saturated heterocycles. The number of nitrogens with one attached hydrogen (secondary N) is 1. The molecule has 0 bridgehead atoms. The Bertz CT molecular complexity index is 851. The quantitative estimate of drug-likeness (QED) is 0.687. The third-order valence-corrected chi connectivity index (χ3v) is 5.39. The van der Waals surface area contributed by atoms with Gasteiger partial charge in [0.1, 0.15) is 5.54 Å². The van der Waals surface area contributed by atoms with E-state index in [1.165, 1.54) is 0 Å². The number of nitriles is 1. The lowest BCUT2D eigenvalue weighted by Gasteiger charge is -2.29. The zero-order chi connectivity index (χ0) is 20.7. The second kappa shape index (κ2) is 9.88. The van der Waals surface area contributed by atoms with E-state index >= 15 is 0 Å². The van der Waals surface area contributed by atoms with Crippen LogP contribution in [0.4, 0.5) is 0 Å². The molecule has 1 heterocycles. The summed E-state index contributed by atoms with van der Waals surface area (Å²) in [5.74, 6) is -0.227. The van der Waals surface area contributed by atoms with Gasteiger partial charge in [-0.05, 0) is 42.7 Å². The number of benzene rings is 1. The van der Waals surface area contributed by atoms with Gasteiger partial charge in [0, 0.05) is 19.3 Å². The summed E-state index contributed by atoms with van der Waals surface area (Å²) in [6, 6.07) is 13.3. The minimum atomic E-state index is -0.919. The van der Waals surface area contributed by atoms with Crippen LogP contribution < -0.4 is 5.32 Å². The van der Waals surface area contributed by atoms with Crippen molar-refractivity contribution in [1.82, 2.24) is 15.2 Å². The highest BCUT2D eigenvalue weighted by Gasteiger charge is 2.30. The Morgan fingerprint density at radius 3 is 2.57 bits per heavy atom. The van der Waals surface area contributed by atoms with Crippen LogP contribution in [0.15, 0.2) is 42.6 Å². The van der Waals surface area contributed by atoms with Gasteiger partial charge in [-0.25, -0.2) is 0 Å². The molecular formula is C21H24Cl2N4O. The van der Waals surface area contributed by atoms with Gasteiger partial charge in [-0.15, -0.1) is 0 Å². The Morgan fingerprint density at radius 1 is 1.25 bits per heavy atom. The van der Waals surface area contributed by atoms with Crippen molar-refractivity contribution >= 4 is 29.1 Å². The van der Waals surface area contributed by atoms with Crippen LogP contribution >= 0.6 is 23.2 Å². The summed E-state index contributed by atoms with van der Waals surface area (Å²) in [6.45, 7) is 6.65. The molecule has 1 aromatic carbocycles. The minimum absolute atomic E-state index is 0.0132. The van der Waals surface area contributed by atoms with Crippen molar-refractivity contribution in [2.45, 2.75) is 39.4 Å². The molecule has 1 unspecified atom stereocenters. The summed E-state index contributed by atoms with van der Waals surface area (Å²) in [6.07, 6.45) is 1.72. The van der Waals surface area contributed by atoms with Crippen molar-refractivity contribution in [3.63, 3.8) is 0 Å². The molecule has 1 N–H and O–H groups in total. The summed E-state index contributed by atoms with van der Waals surface area (Å²) in [7, 11) is 0. The second-order valence-electron chi connectivity index (χ2n) is 7.23. The summed E-state index contributed by atoms with van der Waals surface area (Å²) >= 11 is 12.1. The summed E-state index contributed by atoms with van der Waals surface area (Å²) < 4.78 is 0. The molecule has 0 spiro atoms. The van der Waals surface area contributed by atoms with Gasteiger partial charge in [0.15, 0.2) is 0 Å². The zero-order valence-electron chi connectivity index (χ0n) is 16.2. The van der Waals surface area contributed by atoms with Gasteiger partial charge in [-0.3, -0.25) is 14.7 Å². The first kappa shape index (κ1) is 22.2. The molecule has 1 aromatic heterocycles. The lowest BCUT2D eigenvalue weighted by Crippen LogP contribution is -2.51. The molecule has 2 rings (SSSR count). The van der Waals surface area contributed by atoms with Crippen LogP contribution in [0.1, 0.15) is 32.0 Å². The predicted octanol–water partition coefficient (Wildman–Crippen LogP) is 4.45. The number of aromatic nitrogens is 1. The van der Waals surface area contributed by atoms with Crippen molar-refractivity contribution in [3.05, 3.63) is 63.9 Å². The Kier molecular flexibility index (Phi) is 7.82. The number of rotatable bonds is 8. The topological polar surface area (TPSA) is 69.0 Å². The maximum Gasteiger partial charge on any atom is 0.235 e. The number of nitrogens with zero attached hydrogens (tertiary/aromatic N) is 3. The van der Waals surface area contributed by atoms with E-state index in [4.69, 9.17) is 23.2 Å². The Balaban J connectivity index is 2.16. The first-order chi connectivity index (χ1) is 13.2. The van der Waals surface area contributed by atoms with E-state index in [2.05, 4.69) is 16.4 Å². The number of carbonyl (C=O) groups is 1. The lowest BCUT2D eigenvalue weighted by molar-refractivity contribution is -0.124. The molecule has 7 heteroatoms. The molecule has 0 saturated carbocycles. The molecule has 2 aromatic rings. The van der Waals surface area contributed by atoms with Gasteiger partial charge in [-0.1, -0.05) is 49.2 Å². The van der Waals surface area contributed by atoms with Crippen LogP contribution in [0.5, 0.6) is 0 Å². The van der Waals surface area contributed by atoms with Gasteiger partial charge in [0.2, 0.25) is 5.91 Å². The first-order valence-corrected chi connectivity index (χ1v) is 9.77. The normalized spacial score (nSPS) is 13.2. The highest BCUT2D eigenvalue weighted by Crippen LogP contribution is 2.23. The summed E-state index contributed by atoms with van der Waals surface area (Å²) in [4.78, 5) is 19.0. The smallest absolute Gasteiger partial charge is 0.235 e. The van der Waals surface area contributed by atoms with E-state index < -0.39 is 5.54 Å². The molecule has 5 nitrogen and oxygen atoms in total. The van der Waals surface area contributed by atoms with Crippen molar-refractivity contribution in [1.29, 1.82) is 5.26 Å². The van der Waals surface area contributed by atoms with E-state index in [1.807, 2.05) is 43.0 Å². The van der Waals surface area contributed by atoms with E-state index in [1.54, 1.807) is 25.3 Å². The molecule has 0 aliphatic rings. The van der Waals surface area contributed by atoms with Crippen LogP contribution in [0, 0.1) is 17.2 Å². The summed E-state index contributed by atoms with van der Waals surface area (Å²) in [5.41, 5.74) is 0.865. The fourth-order valence-electron chi connectivity index (χ4n) is 2.62. The van der Waals surface area contributed by atoms with Crippen LogP contribution in [0.2, 0.25) is 10.0 Å². The van der Waals surface area contributed by atoms with Crippen molar-refractivity contribution in [2.75, 3.05) is 6.54 Å². The van der Waals surface area contributed by atoms with E-state index in [0.29, 0.717) is 23.1 Å².